The van der Waals surface area contributed by atoms with Gasteiger partial charge in [0.25, 0.3) is 0 Å². The van der Waals surface area contributed by atoms with Crippen LogP contribution in [0.2, 0.25) is 0 Å². The zero-order chi connectivity index (χ0) is 19.4. The van der Waals surface area contributed by atoms with Gasteiger partial charge in [-0.05, 0) is 18.6 Å². The number of carbonyl (C=O) groups is 1. The van der Waals surface area contributed by atoms with Gasteiger partial charge >= 0.3 is 11.7 Å². The lowest BCUT2D eigenvalue weighted by Gasteiger charge is -2.17. The Morgan fingerprint density at radius 3 is 2.89 bits per heavy atom. The number of hydrogen-bond acceptors (Lipinski definition) is 7. The molecule has 3 atom stereocenters. The molecule has 142 valence electrons. The number of rotatable bonds is 6. The number of hydrogen-bond donors (Lipinski definition) is 2. The molecule has 1 saturated heterocycles. The van der Waals surface area contributed by atoms with Crippen LogP contribution in [0.1, 0.15) is 28.6 Å². The Morgan fingerprint density at radius 1 is 1.44 bits per heavy atom. The van der Waals surface area contributed by atoms with E-state index in [9.17, 15) is 14.7 Å². The molecule has 1 fully saturated rings. The molecule has 3 N–H and O–H groups in total. The number of nitrogen functional groups attached to an aromatic ring is 1. The number of benzene rings is 1. The van der Waals surface area contributed by atoms with Crippen LogP contribution in [0.15, 0.2) is 54.0 Å². The van der Waals surface area contributed by atoms with Crippen LogP contribution in [0.3, 0.4) is 0 Å². The Balaban J connectivity index is 1.68. The molecule has 0 aliphatic carbocycles. The Labute approximate surface area is 155 Å². The van der Waals surface area contributed by atoms with Gasteiger partial charge in [-0.25, -0.2) is 9.59 Å². The number of ether oxygens (including phenoxy) is 2. The highest BCUT2D eigenvalue weighted by molar-refractivity contribution is 5.89. The number of aliphatic hydroxyl groups excluding tert-OH is 1. The van der Waals surface area contributed by atoms with Gasteiger partial charge in [0.05, 0.1) is 11.7 Å². The number of nitrogens with two attached hydrogens (primary N) is 1. The number of aromatic nitrogens is 2. The zero-order valence-corrected chi connectivity index (χ0v) is 14.7. The lowest BCUT2D eigenvalue weighted by atomic mass is 10.2. The van der Waals surface area contributed by atoms with Gasteiger partial charge in [-0.3, -0.25) is 4.57 Å². The number of esters is 1. The van der Waals surface area contributed by atoms with E-state index in [0.717, 1.165) is 0 Å². The molecule has 0 spiro atoms. The van der Waals surface area contributed by atoms with Crippen molar-refractivity contribution in [2.75, 3.05) is 12.3 Å². The van der Waals surface area contributed by atoms with Gasteiger partial charge in [0.2, 0.25) is 0 Å². The van der Waals surface area contributed by atoms with Crippen LogP contribution in [-0.2, 0) is 15.9 Å². The summed E-state index contributed by atoms with van der Waals surface area (Å²) >= 11 is 0. The van der Waals surface area contributed by atoms with Gasteiger partial charge in [-0.1, -0.05) is 24.3 Å². The van der Waals surface area contributed by atoms with Crippen LogP contribution >= 0.6 is 0 Å². The highest BCUT2D eigenvalue weighted by atomic mass is 16.6. The molecule has 1 aromatic heterocycles. The molecule has 0 amide bonds. The van der Waals surface area contributed by atoms with Gasteiger partial charge in [-0.15, -0.1) is 6.58 Å². The van der Waals surface area contributed by atoms with Gasteiger partial charge in [-0.2, -0.15) is 4.98 Å². The molecule has 0 radical (unpaired) electrons. The molecule has 1 aliphatic heterocycles. The molecule has 0 bridgehead atoms. The maximum atomic E-state index is 12.1. The Hall–Kier alpha value is -2.97. The standard InChI is InChI=1S/C19H21N3O5/c1-2-6-13-10-22(19(25)21-17(13)20)16-9-14(23)15(27-16)11-26-18(24)12-7-4-3-5-8-12/h2-5,7-8,10,14-16,23H,1,6,9,11H2,(H2,20,21,25)/t14-,15+,16+/m0/s1. The first kappa shape index (κ1) is 18.8. The maximum absolute atomic E-state index is 12.1. The van der Waals surface area contributed by atoms with Crippen LogP contribution in [0.25, 0.3) is 0 Å². The Bertz CT molecular complexity index is 881. The van der Waals surface area contributed by atoms with Crippen LogP contribution in [-0.4, -0.2) is 39.4 Å². The maximum Gasteiger partial charge on any atom is 0.351 e. The van der Waals surface area contributed by atoms with Crippen molar-refractivity contribution in [1.82, 2.24) is 9.55 Å². The van der Waals surface area contributed by atoms with Crippen molar-refractivity contribution >= 4 is 11.8 Å². The van der Waals surface area contributed by atoms with Crippen molar-refractivity contribution in [2.45, 2.75) is 31.3 Å². The van der Waals surface area contributed by atoms with E-state index in [-0.39, 0.29) is 18.8 Å². The van der Waals surface area contributed by atoms with Crippen molar-refractivity contribution in [2.24, 2.45) is 0 Å². The lowest BCUT2D eigenvalue weighted by Crippen LogP contribution is -2.30. The number of allylic oxidation sites excluding steroid dienone is 1. The summed E-state index contributed by atoms with van der Waals surface area (Å²) in [4.78, 5) is 28.0. The minimum atomic E-state index is -0.883. The van der Waals surface area contributed by atoms with Crippen molar-refractivity contribution in [3.63, 3.8) is 0 Å². The summed E-state index contributed by atoms with van der Waals surface area (Å²) in [6.45, 7) is 3.52. The molecule has 3 rings (SSSR count). The minimum absolute atomic E-state index is 0.123. The van der Waals surface area contributed by atoms with E-state index in [4.69, 9.17) is 15.2 Å². The zero-order valence-electron chi connectivity index (χ0n) is 14.7. The molecular weight excluding hydrogens is 350 g/mol. The van der Waals surface area contributed by atoms with Gasteiger partial charge < -0.3 is 20.3 Å². The fourth-order valence-corrected chi connectivity index (χ4v) is 2.89. The molecule has 0 saturated carbocycles. The number of anilines is 1. The third-order valence-electron chi connectivity index (χ3n) is 4.33. The Morgan fingerprint density at radius 2 is 2.19 bits per heavy atom. The smallest absolute Gasteiger partial charge is 0.351 e. The Kier molecular flexibility index (Phi) is 5.68. The predicted molar refractivity (Wildman–Crippen MR) is 98.1 cm³/mol. The summed E-state index contributed by atoms with van der Waals surface area (Å²) in [6, 6.07) is 8.53. The molecular formula is C19H21N3O5. The third kappa shape index (κ3) is 4.24. The monoisotopic (exact) mass is 371 g/mol. The van der Waals surface area contributed by atoms with Gasteiger partial charge in [0.15, 0.2) is 0 Å². The highest BCUT2D eigenvalue weighted by Crippen LogP contribution is 2.28. The van der Waals surface area contributed by atoms with E-state index in [1.54, 1.807) is 42.6 Å². The SMILES string of the molecule is C=CCc1cn([C@H]2C[C@H](O)[C@@H](COC(=O)c3ccccc3)O2)c(=O)nc1N. The fourth-order valence-electron chi connectivity index (χ4n) is 2.89. The number of aliphatic hydroxyl groups is 1. The quantitative estimate of drug-likeness (QED) is 0.576. The highest BCUT2D eigenvalue weighted by Gasteiger charge is 2.36. The fraction of sp³-hybridized carbons (Fsp3) is 0.316. The summed E-state index contributed by atoms with van der Waals surface area (Å²) in [5, 5.41) is 10.2. The number of nitrogens with zero attached hydrogens (tertiary/aromatic N) is 2. The molecule has 1 aromatic carbocycles. The summed E-state index contributed by atoms with van der Waals surface area (Å²) in [5.74, 6) is -0.363. The molecule has 2 heterocycles. The predicted octanol–water partition coefficient (Wildman–Crippen LogP) is 1.06. The molecule has 8 nitrogen and oxygen atoms in total. The van der Waals surface area contributed by atoms with Crippen molar-refractivity contribution < 1.29 is 19.4 Å². The average Bonchev–Trinajstić information content (AvgIpc) is 3.03. The van der Waals surface area contributed by atoms with E-state index in [0.29, 0.717) is 17.5 Å². The lowest BCUT2D eigenvalue weighted by molar-refractivity contribution is -0.0531. The van der Waals surface area contributed by atoms with Crippen molar-refractivity contribution in [3.8, 4) is 0 Å². The van der Waals surface area contributed by atoms with E-state index in [2.05, 4.69) is 11.6 Å². The summed E-state index contributed by atoms with van der Waals surface area (Å²) in [7, 11) is 0. The molecule has 27 heavy (non-hydrogen) atoms. The van der Waals surface area contributed by atoms with Crippen LogP contribution in [0, 0.1) is 0 Å². The van der Waals surface area contributed by atoms with Crippen LogP contribution in [0.5, 0.6) is 0 Å². The van der Waals surface area contributed by atoms with Gasteiger partial charge in [0.1, 0.15) is 24.8 Å². The second-order valence-corrected chi connectivity index (χ2v) is 6.23. The first-order valence-electron chi connectivity index (χ1n) is 8.53. The average molecular weight is 371 g/mol. The number of carbonyl (C=O) groups excluding carboxylic acids is 1. The van der Waals surface area contributed by atoms with E-state index >= 15 is 0 Å². The second-order valence-electron chi connectivity index (χ2n) is 6.23. The summed E-state index contributed by atoms with van der Waals surface area (Å²) in [5.41, 5.74) is 6.23. The van der Waals surface area contributed by atoms with Crippen molar-refractivity contribution in [3.05, 3.63) is 70.8 Å². The summed E-state index contributed by atoms with van der Waals surface area (Å²) < 4.78 is 12.2. The van der Waals surface area contributed by atoms with E-state index in [1.807, 2.05) is 0 Å². The normalized spacial score (nSPS) is 21.7. The van der Waals surface area contributed by atoms with E-state index in [1.165, 1.54) is 4.57 Å². The first-order valence-corrected chi connectivity index (χ1v) is 8.53. The third-order valence-corrected chi connectivity index (χ3v) is 4.33. The molecule has 2 aromatic rings. The van der Waals surface area contributed by atoms with Crippen LogP contribution in [0.4, 0.5) is 5.82 Å². The van der Waals surface area contributed by atoms with Gasteiger partial charge in [0, 0.05) is 18.2 Å². The minimum Gasteiger partial charge on any atom is -0.459 e. The van der Waals surface area contributed by atoms with Crippen LogP contribution < -0.4 is 11.4 Å². The second kappa shape index (κ2) is 8.15. The topological polar surface area (TPSA) is 117 Å². The molecule has 1 aliphatic rings. The molecule has 8 heteroatoms. The van der Waals surface area contributed by atoms with E-state index < -0.39 is 30.1 Å². The largest absolute Gasteiger partial charge is 0.459 e. The van der Waals surface area contributed by atoms with Crippen molar-refractivity contribution in [1.29, 1.82) is 0 Å². The summed E-state index contributed by atoms with van der Waals surface area (Å²) in [6.07, 6.45) is 1.49. The molecule has 0 unspecified atom stereocenters. The first-order chi connectivity index (χ1) is 13.0.